The summed E-state index contributed by atoms with van der Waals surface area (Å²) in [5.74, 6) is 0.854. The van der Waals surface area contributed by atoms with Gasteiger partial charge in [0.15, 0.2) is 0 Å². The molecule has 3 nitrogen and oxygen atoms in total. The third kappa shape index (κ3) is 3.45. The molecule has 1 aromatic carbocycles. The van der Waals surface area contributed by atoms with E-state index in [1.165, 1.54) is 4.88 Å². The molecule has 2 rings (SSSR count). The van der Waals surface area contributed by atoms with E-state index in [1.807, 2.05) is 31.3 Å². The number of halogens is 1. The predicted octanol–water partition coefficient (Wildman–Crippen LogP) is 3.40. The molecule has 0 fully saturated rings. The number of methoxy groups -OCH3 is 1. The van der Waals surface area contributed by atoms with Crippen LogP contribution in [0.5, 0.6) is 5.75 Å². The first-order chi connectivity index (χ1) is 8.69. The van der Waals surface area contributed by atoms with Crippen LogP contribution in [0.4, 0.5) is 0 Å². The van der Waals surface area contributed by atoms with Gasteiger partial charge in [0.25, 0.3) is 0 Å². The van der Waals surface area contributed by atoms with Crippen molar-refractivity contribution in [2.75, 3.05) is 7.11 Å². The summed E-state index contributed by atoms with van der Waals surface area (Å²) in [6.45, 7) is 3.54. The smallest absolute Gasteiger partial charge is 0.123 e. The van der Waals surface area contributed by atoms with Crippen molar-refractivity contribution >= 4 is 22.9 Å². The van der Waals surface area contributed by atoms with Gasteiger partial charge in [0.2, 0.25) is 0 Å². The molecule has 0 radical (unpaired) electrons. The number of nitrogens with zero attached hydrogens (tertiary/aromatic N) is 1. The van der Waals surface area contributed by atoms with Crippen molar-refractivity contribution in [1.82, 2.24) is 10.3 Å². The lowest BCUT2D eigenvalue weighted by Gasteiger charge is -2.09. The third-order valence-electron chi connectivity index (χ3n) is 2.53. The largest absolute Gasteiger partial charge is 0.496 e. The van der Waals surface area contributed by atoms with E-state index in [-0.39, 0.29) is 0 Å². The van der Waals surface area contributed by atoms with Gasteiger partial charge in [-0.1, -0.05) is 11.6 Å². The molecule has 96 valence electrons. The van der Waals surface area contributed by atoms with Crippen LogP contribution in [0.1, 0.15) is 15.4 Å². The Morgan fingerprint density at radius 1 is 1.39 bits per heavy atom. The van der Waals surface area contributed by atoms with Gasteiger partial charge in [0.1, 0.15) is 5.75 Å². The molecule has 0 aliphatic carbocycles. The second-order valence-corrected chi connectivity index (χ2v) is 5.66. The van der Waals surface area contributed by atoms with Crippen LogP contribution in [0.2, 0.25) is 5.02 Å². The fourth-order valence-electron chi connectivity index (χ4n) is 1.69. The minimum atomic E-state index is 0.723. The average Bonchev–Trinajstić information content (AvgIpc) is 2.75. The Bertz CT molecular complexity index is 527. The van der Waals surface area contributed by atoms with Crippen LogP contribution in [-0.4, -0.2) is 12.1 Å². The number of ether oxygens (including phenoxy) is 1. The molecule has 1 aromatic heterocycles. The van der Waals surface area contributed by atoms with Crippen LogP contribution >= 0.6 is 22.9 Å². The van der Waals surface area contributed by atoms with E-state index in [9.17, 15) is 0 Å². The lowest BCUT2D eigenvalue weighted by molar-refractivity contribution is 0.407. The predicted molar refractivity (Wildman–Crippen MR) is 75.4 cm³/mol. The molecule has 0 aliphatic rings. The van der Waals surface area contributed by atoms with E-state index in [0.717, 1.165) is 34.4 Å². The third-order valence-corrected chi connectivity index (χ3v) is 3.67. The Hall–Kier alpha value is -1.10. The standard InChI is InChI=1S/C13H15ClN2OS/c1-9-16-8-12(18-9)7-15-6-10-5-11(14)3-4-13(10)17-2/h3-5,8,15H,6-7H2,1-2H3. The maximum atomic E-state index is 5.98. The molecule has 1 heterocycles. The number of aromatic nitrogens is 1. The topological polar surface area (TPSA) is 34.1 Å². The van der Waals surface area contributed by atoms with E-state index >= 15 is 0 Å². The molecule has 0 saturated heterocycles. The zero-order valence-electron chi connectivity index (χ0n) is 10.4. The van der Waals surface area contributed by atoms with Crippen molar-refractivity contribution in [2.45, 2.75) is 20.0 Å². The van der Waals surface area contributed by atoms with Crippen LogP contribution in [0.25, 0.3) is 0 Å². The van der Waals surface area contributed by atoms with Gasteiger partial charge in [0.05, 0.1) is 12.1 Å². The summed E-state index contributed by atoms with van der Waals surface area (Å²) in [5.41, 5.74) is 1.06. The number of benzene rings is 1. The first-order valence-electron chi connectivity index (χ1n) is 5.63. The molecular formula is C13H15ClN2OS. The van der Waals surface area contributed by atoms with Crippen LogP contribution in [-0.2, 0) is 13.1 Å². The minimum absolute atomic E-state index is 0.723. The summed E-state index contributed by atoms with van der Waals surface area (Å²) in [5, 5.41) is 5.18. The van der Waals surface area contributed by atoms with Crippen LogP contribution < -0.4 is 10.1 Å². The fraction of sp³-hybridized carbons (Fsp3) is 0.308. The second kappa shape index (κ2) is 6.18. The van der Waals surface area contributed by atoms with E-state index in [0.29, 0.717) is 0 Å². The summed E-state index contributed by atoms with van der Waals surface area (Å²) in [7, 11) is 1.67. The Labute approximate surface area is 116 Å². The van der Waals surface area contributed by atoms with Gasteiger partial charge >= 0.3 is 0 Å². The number of hydrogen-bond acceptors (Lipinski definition) is 4. The zero-order chi connectivity index (χ0) is 13.0. The van der Waals surface area contributed by atoms with Crippen molar-refractivity contribution in [1.29, 1.82) is 0 Å². The van der Waals surface area contributed by atoms with E-state index in [2.05, 4.69) is 10.3 Å². The molecule has 0 amide bonds. The van der Waals surface area contributed by atoms with Crippen molar-refractivity contribution in [3.63, 3.8) is 0 Å². The summed E-state index contributed by atoms with van der Waals surface area (Å²) in [4.78, 5) is 5.45. The zero-order valence-corrected chi connectivity index (χ0v) is 11.9. The molecule has 0 atom stereocenters. The number of rotatable bonds is 5. The second-order valence-electron chi connectivity index (χ2n) is 3.91. The molecule has 0 unspecified atom stereocenters. The lowest BCUT2D eigenvalue weighted by Crippen LogP contribution is -2.12. The Morgan fingerprint density at radius 3 is 2.89 bits per heavy atom. The Balaban J connectivity index is 1.95. The monoisotopic (exact) mass is 282 g/mol. The van der Waals surface area contributed by atoms with Gasteiger partial charge in [-0.2, -0.15) is 0 Å². The van der Waals surface area contributed by atoms with Crippen LogP contribution in [0.3, 0.4) is 0 Å². The fourth-order valence-corrected chi connectivity index (χ4v) is 2.65. The van der Waals surface area contributed by atoms with Crippen LogP contribution in [0, 0.1) is 6.92 Å². The first-order valence-corrected chi connectivity index (χ1v) is 6.83. The van der Waals surface area contributed by atoms with Gasteiger partial charge in [0, 0.05) is 34.7 Å². The van der Waals surface area contributed by atoms with Gasteiger partial charge < -0.3 is 10.1 Å². The number of hydrogen-bond donors (Lipinski definition) is 1. The van der Waals surface area contributed by atoms with E-state index in [4.69, 9.17) is 16.3 Å². The summed E-state index contributed by atoms with van der Waals surface area (Å²) in [6, 6.07) is 5.64. The molecule has 0 spiro atoms. The van der Waals surface area contributed by atoms with Gasteiger partial charge in [-0.05, 0) is 25.1 Å². The van der Waals surface area contributed by atoms with Crippen molar-refractivity contribution in [3.05, 3.63) is 44.9 Å². The number of thiazole rings is 1. The van der Waals surface area contributed by atoms with Gasteiger partial charge in [-0.25, -0.2) is 4.98 Å². The van der Waals surface area contributed by atoms with Crippen molar-refractivity contribution in [3.8, 4) is 5.75 Å². The van der Waals surface area contributed by atoms with E-state index < -0.39 is 0 Å². The van der Waals surface area contributed by atoms with Gasteiger partial charge in [-0.3, -0.25) is 0 Å². The van der Waals surface area contributed by atoms with Gasteiger partial charge in [-0.15, -0.1) is 11.3 Å². The Kier molecular flexibility index (Phi) is 4.58. The maximum Gasteiger partial charge on any atom is 0.123 e. The summed E-state index contributed by atoms with van der Waals surface area (Å²) < 4.78 is 5.30. The molecular weight excluding hydrogens is 268 g/mol. The number of nitrogens with one attached hydrogen (secondary N) is 1. The highest BCUT2D eigenvalue weighted by Gasteiger charge is 2.04. The minimum Gasteiger partial charge on any atom is -0.496 e. The molecule has 18 heavy (non-hydrogen) atoms. The lowest BCUT2D eigenvalue weighted by atomic mass is 10.2. The highest BCUT2D eigenvalue weighted by Crippen LogP contribution is 2.22. The van der Waals surface area contributed by atoms with Crippen molar-refractivity contribution < 1.29 is 4.74 Å². The normalized spacial score (nSPS) is 10.6. The quantitative estimate of drug-likeness (QED) is 0.913. The SMILES string of the molecule is COc1ccc(Cl)cc1CNCc1cnc(C)s1. The summed E-state index contributed by atoms with van der Waals surface area (Å²) >= 11 is 7.69. The first kappa shape index (κ1) is 13.3. The molecule has 1 N–H and O–H groups in total. The average molecular weight is 283 g/mol. The molecule has 5 heteroatoms. The molecule has 0 saturated carbocycles. The summed E-state index contributed by atoms with van der Waals surface area (Å²) in [6.07, 6.45) is 1.90. The molecule has 0 aliphatic heterocycles. The molecule has 2 aromatic rings. The van der Waals surface area contributed by atoms with Crippen LogP contribution in [0.15, 0.2) is 24.4 Å². The Morgan fingerprint density at radius 2 is 2.22 bits per heavy atom. The van der Waals surface area contributed by atoms with Crippen molar-refractivity contribution in [2.24, 2.45) is 0 Å². The molecule has 0 bridgehead atoms. The highest BCUT2D eigenvalue weighted by atomic mass is 35.5. The van der Waals surface area contributed by atoms with E-state index in [1.54, 1.807) is 18.4 Å². The highest BCUT2D eigenvalue weighted by molar-refractivity contribution is 7.11. The number of aryl methyl sites for hydroxylation is 1. The maximum absolute atomic E-state index is 5.98.